The number of carbonyl (C=O) groups is 1. The summed E-state index contributed by atoms with van der Waals surface area (Å²) in [6, 6.07) is 8.28. The van der Waals surface area contributed by atoms with Crippen LogP contribution in [0.4, 0.5) is 0 Å². The molecule has 0 heterocycles. The average molecular weight is 391 g/mol. The van der Waals surface area contributed by atoms with Gasteiger partial charge in [0.05, 0.1) is 0 Å². The van der Waals surface area contributed by atoms with Crippen LogP contribution in [0.5, 0.6) is 0 Å². The smallest absolute Gasteiger partial charge is 0.226 e. The van der Waals surface area contributed by atoms with Gasteiger partial charge in [0, 0.05) is 13.0 Å². The Morgan fingerprint density at radius 2 is 1.37 bits per heavy atom. The molecule has 27 heavy (non-hydrogen) atoms. The molecule has 0 radical (unpaired) electrons. The largest absolute Gasteiger partial charge is 0.358 e. The third kappa shape index (κ3) is 13.4. The first-order valence-electron chi connectivity index (χ1n) is 10.7. The predicted molar refractivity (Wildman–Crippen MR) is 120 cm³/mol. The van der Waals surface area contributed by atoms with Crippen molar-refractivity contribution in [1.82, 2.24) is 10.6 Å². The summed E-state index contributed by atoms with van der Waals surface area (Å²) in [5.41, 5.74) is 2.39. The van der Waals surface area contributed by atoms with E-state index in [0.29, 0.717) is 18.1 Å². The minimum absolute atomic E-state index is 0.0207. The quantitative estimate of drug-likeness (QED) is 0.294. The van der Waals surface area contributed by atoms with Crippen LogP contribution in [0.3, 0.4) is 0 Å². The number of thiocarbonyl (C=S) groups is 1. The van der Waals surface area contributed by atoms with Crippen LogP contribution < -0.4 is 10.6 Å². The molecule has 0 bridgehead atoms. The highest BCUT2D eigenvalue weighted by Crippen LogP contribution is 2.11. The fourth-order valence-electron chi connectivity index (χ4n) is 3.07. The molecule has 1 aromatic carbocycles. The number of benzene rings is 1. The Bertz CT molecular complexity index is 528. The molecule has 0 aliphatic heterocycles. The van der Waals surface area contributed by atoms with Crippen LogP contribution in [0.1, 0.15) is 95.1 Å². The number of hydrogen-bond donors (Lipinski definition) is 2. The van der Waals surface area contributed by atoms with Crippen LogP contribution in [0.25, 0.3) is 0 Å². The first kappa shape index (κ1) is 23.6. The zero-order valence-corrected chi connectivity index (χ0v) is 18.1. The number of nitrogens with one attached hydrogen (secondary N) is 2. The van der Waals surface area contributed by atoms with Gasteiger partial charge < -0.3 is 10.6 Å². The molecule has 3 nitrogen and oxygen atoms in total. The van der Waals surface area contributed by atoms with Gasteiger partial charge in [-0.2, -0.15) is 0 Å². The minimum Gasteiger partial charge on any atom is -0.358 e. The molecule has 1 rings (SSSR count). The molecule has 0 aromatic heterocycles. The van der Waals surface area contributed by atoms with E-state index in [-0.39, 0.29) is 5.91 Å². The van der Waals surface area contributed by atoms with Crippen molar-refractivity contribution in [3.63, 3.8) is 0 Å². The van der Waals surface area contributed by atoms with Crippen molar-refractivity contribution in [3.05, 3.63) is 35.4 Å². The average Bonchev–Trinajstić information content (AvgIpc) is 2.65. The zero-order chi connectivity index (χ0) is 19.7. The van der Waals surface area contributed by atoms with Gasteiger partial charge in [0.25, 0.3) is 0 Å². The van der Waals surface area contributed by atoms with Gasteiger partial charge in [0.1, 0.15) is 0 Å². The Morgan fingerprint density at radius 1 is 0.852 bits per heavy atom. The summed E-state index contributed by atoms with van der Waals surface area (Å²) in [5.74, 6) is 0.0207. The first-order valence-corrected chi connectivity index (χ1v) is 11.2. The number of carbonyl (C=O) groups excluding carboxylic acids is 1. The molecular weight excluding hydrogens is 352 g/mol. The lowest BCUT2D eigenvalue weighted by atomic mass is 10.1. The lowest BCUT2D eigenvalue weighted by molar-refractivity contribution is -0.119. The predicted octanol–water partition coefficient (Wildman–Crippen LogP) is 6.19. The van der Waals surface area contributed by atoms with Crippen molar-refractivity contribution in [2.75, 3.05) is 0 Å². The number of hydrogen-bond acceptors (Lipinski definition) is 2. The van der Waals surface area contributed by atoms with Gasteiger partial charge in [-0.3, -0.25) is 4.79 Å². The van der Waals surface area contributed by atoms with Gasteiger partial charge in [-0.1, -0.05) is 101 Å². The van der Waals surface area contributed by atoms with Gasteiger partial charge in [0.2, 0.25) is 5.91 Å². The van der Waals surface area contributed by atoms with Crippen LogP contribution in [0.15, 0.2) is 24.3 Å². The summed E-state index contributed by atoms with van der Waals surface area (Å²) < 4.78 is 0. The van der Waals surface area contributed by atoms with Crippen molar-refractivity contribution in [3.8, 4) is 0 Å². The van der Waals surface area contributed by atoms with Crippen LogP contribution in [-0.2, 0) is 11.3 Å². The number of unbranched alkanes of at least 4 members (excludes halogenated alkanes) is 10. The lowest BCUT2D eigenvalue weighted by Crippen LogP contribution is -2.38. The van der Waals surface area contributed by atoms with Gasteiger partial charge in [-0.05, 0) is 31.1 Å². The molecular formula is C23H38N2OS. The van der Waals surface area contributed by atoms with Crippen molar-refractivity contribution in [2.45, 2.75) is 97.4 Å². The maximum absolute atomic E-state index is 11.9. The first-order chi connectivity index (χ1) is 13.1. The molecule has 0 aliphatic rings. The molecule has 4 heteroatoms. The topological polar surface area (TPSA) is 41.1 Å². The number of aryl methyl sites for hydroxylation is 1. The summed E-state index contributed by atoms with van der Waals surface area (Å²) >= 11 is 5.20. The number of rotatable bonds is 14. The van der Waals surface area contributed by atoms with Crippen molar-refractivity contribution >= 4 is 23.2 Å². The highest BCUT2D eigenvalue weighted by Gasteiger charge is 2.04. The Hall–Kier alpha value is -1.42. The number of amides is 1. The standard InChI is InChI=1S/C23H38N2OS/c1-3-4-5-6-7-8-9-10-11-12-13-14-22(26)25-23(27)24-19-21-17-15-20(2)16-18-21/h15-18H,3-14,19H2,1-2H3,(H2,24,25,26,27). The van der Waals surface area contributed by atoms with Crippen molar-refractivity contribution in [2.24, 2.45) is 0 Å². The van der Waals surface area contributed by atoms with Crippen molar-refractivity contribution < 1.29 is 4.79 Å². The van der Waals surface area contributed by atoms with E-state index in [0.717, 1.165) is 18.4 Å². The highest BCUT2D eigenvalue weighted by atomic mass is 32.1. The van der Waals surface area contributed by atoms with E-state index in [4.69, 9.17) is 12.2 Å². The summed E-state index contributed by atoms with van der Waals surface area (Å²) in [4.78, 5) is 11.9. The minimum atomic E-state index is 0.0207. The van der Waals surface area contributed by atoms with Crippen LogP contribution in [0.2, 0.25) is 0 Å². The van der Waals surface area contributed by atoms with Gasteiger partial charge in [-0.25, -0.2) is 0 Å². The molecule has 0 saturated carbocycles. The second-order valence-electron chi connectivity index (χ2n) is 7.50. The highest BCUT2D eigenvalue weighted by molar-refractivity contribution is 7.80. The molecule has 0 fully saturated rings. The summed E-state index contributed by atoms with van der Waals surface area (Å²) in [5, 5.41) is 6.29. The van der Waals surface area contributed by atoms with Gasteiger partial charge in [-0.15, -0.1) is 0 Å². The molecule has 0 aliphatic carbocycles. The monoisotopic (exact) mass is 390 g/mol. The molecule has 1 aromatic rings. The van der Waals surface area contributed by atoms with Crippen molar-refractivity contribution in [1.29, 1.82) is 0 Å². The van der Waals surface area contributed by atoms with E-state index < -0.39 is 0 Å². The lowest BCUT2D eigenvalue weighted by Gasteiger charge is -2.10. The van der Waals surface area contributed by atoms with E-state index in [9.17, 15) is 4.79 Å². The molecule has 0 atom stereocenters. The fourth-order valence-corrected chi connectivity index (χ4v) is 3.26. The van der Waals surface area contributed by atoms with E-state index in [1.807, 2.05) is 0 Å². The summed E-state index contributed by atoms with van der Waals surface area (Å²) in [7, 11) is 0. The van der Waals surface area contributed by atoms with Gasteiger partial charge >= 0.3 is 0 Å². The van der Waals surface area contributed by atoms with Crippen LogP contribution in [0, 0.1) is 6.92 Å². The second-order valence-corrected chi connectivity index (χ2v) is 7.91. The molecule has 0 saturated heterocycles. The SMILES string of the molecule is CCCCCCCCCCCCCC(=O)NC(=S)NCc1ccc(C)cc1. The summed E-state index contributed by atoms with van der Waals surface area (Å²) in [6.45, 7) is 4.96. The Labute approximate surface area is 171 Å². The third-order valence-electron chi connectivity index (χ3n) is 4.83. The Morgan fingerprint density at radius 3 is 1.93 bits per heavy atom. The van der Waals surface area contributed by atoms with Crippen LogP contribution >= 0.6 is 12.2 Å². The molecule has 0 spiro atoms. The normalized spacial score (nSPS) is 10.6. The third-order valence-corrected chi connectivity index (χ3v) is 5.08. The maximum atomic E-state index is 11.9. The van der Waals surface area contributed by atoms with E-state index in [1.54, 1.807) is 0 Å². The van der Waals surface area contributed by atoms with Gasteiger partial charge in [0.15, 0.2) is 5.11 Å². The van der Waals surface area contributed by atoms with E-state index in [2.05, 4.69) is 48.7 Å². The fraction of sp³-hybridized carbons (Fsp3) is 0.652. The van der Waals surface area contributed by atoms with Crippen LogP contribution in [-0.4, -0.2) is 11.0 Å². The van der Waals surface area contributed by atoms with E-state index in [1.165, 1.54) is 63.4 Å². The molecule has 2 N–H and O–H groups in total. The molecule has 0 unspecified atom stereocenters. The molecule has 1 amide bonds. The maximum Gasteiger partial charge on any atom is 0.226 e. The zero-order valence-electron chi connectivity index (χ0n) is 17.3. The second kappa shape index (κ2) is 15.6. The molecule has 152 valence electrons. The Kier molecular flexibility index (Phi) is 13.7. The Balaban J connectivity index is 1.94. The summed E-state index contributed by atoms with van der Waals surface area (Å²) in [6.07, 6.45) is 14.8. The van der Waals surface area contributed by atoms with E-state index >= 15 is 0 Å².